The molecule has 5 nitrogen and oxygen atoms in total. The molecule has 1 aliphatic rings. The van der Waals surface area contributed by atoms with E-state index in [1.54, 1.807) is 4.68 Å². The monoisotopic (exact) mass is 348 g/mol. The Morgan fingerprint density at radius 2 is 2.12 bits per heavy atom. The molecule has 25 heavy (non-hydrogen) atoms. The van der Waals surface area contributed by atoms with Crippen LogP contribution in [0, 0.1) is 11.6 Å². The topological polar surface area (TPSA) is 50.2 Å². The number of likely N-dealkylation sites (tertiary alicyclic amines) is 1. The lowest BCUT2D eigenvalue weighted by Crippen LogP contribution is -2.37. The van der Waals surface area contributed by atoms with Gasteiger partial charge in [0, 0.05) is 37.0 Å². The van der Waals surface area contributed by atoms with Crippen LogP contribution in [0.1, 0.15) is 30.0 Å². The van der Waals surface area contributed by atoms with E-state index in [4.69, 9.17) is 0 Å². The van der Waals surface area contributed by atoms with Gasteiger partial charge in [-0.3, -0.25) is 14.4 Å². The fourth-order valence-corrected chi connectivity index (χ4v) is 3.34. The van der Waals surface area contributed by atoms with Gasteiger partial charge in [-0.1, -0.05) is 6.07 Å². The van der Waals surface area contributed by atoms with Gasteiger partial charge in [-0.25, -0.2) is 8.78 Å². The number of nitrogens with one attached hydrogen (secondary N) is 1. The summed E-state index contributed by atoms with van der Waals surface area (Å²) in [5.41, 5.74) is 1.12. The molecule has 1 aromatic carbocycles. The van der Waals surface area contributed by atoms with E-state index in [0.717, 1.165) is 24.9 Å². The summed E-state index contributed by atoms with van der Waals surface area (Å²) in [7, 11) is 1.87. The van der Waals surface area contributed by atoms with Gasteiger partial charge in [0.2, 0.25) is 5.91 Å². The smallest absolute Gasteiger partial charge is 0.234 e. The number of carbonyl (C=O) groups excluding carboxylic acids is 1. The molecule has 2 aromatic rings. The Morgan fingerprint density at radius 3 is 2.80 bits per heavy atom. The Balaban J connectivity index is 1.50. The van der Waals surface area contributed by atoms with Crippen molar-refractivity contribution in [3.63, 3.8) is 0 Å². The van der Waals surface area contributed by atoms with Crippen molar-refractivity contribution in [2.75, 3.05) is 19.6 Å². The van der Waals surface area contributed by atoms with E-state index in [-0.39, 0.29) is 37.0 Å². The number of rotatable bonds is 6. The molecule has 0 aliphatic carbocycles. The second-order valence-electron chi connectivity index (χ2n) is 6.38. The Labute approximate surface area is 145 Å². The standard InChI is InChI=1S/C18H22F2N4O/c1-23-11-13(10-22-23)17-6-3-9-24(17)12-18(25)21-8-7-14-15(19)4-2-5-16(14)20/h2,4-5,10-11,17H,3,6-9,12H2,1H3,(H,21,25)/t17-/m0/s1. The number of amides is 1. The molecule has 134 valence electrons. The molecule has 0 saturated carbocycles. The van der Waals surface area contributed by atoms with Crippen molar-refractivity contribution >= 4 is 5.91 Å². The molecule has 0 bridgehead atoms. The first kappa shape index (κ1) is 17.5. The quantitative estimate of drug-likeness (QED) is 0.871. The van der Waals surface area contributed by atoms with Crippen molar-refractivity contribution in [2.45, 2.75) is 25.3 Å². The molecule has 2 heterocycles. The first-order valence-corrected chi connectivity index (χ1v) is 8.47. The summed E-state index contributed by atoms with van der Waals surface area (Å²) in [6.45, 7) is 1.34. The first-order valence-electron chi connectivity index (χ1n) is 8.47. The van der Waals surface area contributed by atoms with Crippen LogP contribution in [0.5, 0.6) is 0 Å². The number of aromatic nitrogens is 2. The van der Waals surface area contributed by atoms with E-state index < -0.39 is 11.6 Å². The van der Waals surface area contributed by atoms with E-state index in [9.17, 15) is 13.6 Å². The first-order chi connectivity index (χ1) is 12.0. The lowest BCUT2D eigenvalue weighted by atomic mass is 10.1. The number of benzene rings is 1. The van der Waals surface area contributed by atoms with Crippen molar-refractivity contribution < 1.29 is 13.6 Å². The average Bonchev–Trinajstić information content (AvgIpc) is 3.19. The van der Waals surface area contributed by atoms with Crippen molar-refractivity contribution in [3.8, 4) is 0 Å². The predicted molar refractivity (Wildman–Crippen MR) is 89.8 cm³/mol. The number of carbonyl (C=O) groups is 1. The Hall–Kier alpha value is -2.28. The van der Waals surface area contributed by atoms with E-state index in [0.29, 0.717) is 0 Å². The molecule has 0 spiro atoms. The normalized spacial score (nSPS) is 17.8. The van der Waals surface area contributed by atoms with Crippen molar-refractivity contribution in [1.29, 1.82) is 0 Å². The van der Waals surface area contributed by atoms with Gasteiger partial charge in [-0.05, 0) is 37.9 Å². The fourth-order valence-electron chi connectivity index (χ4n) is 3.34. The van der Waals surface area contributed by atoms with Crippen molar-refractivity contribution in [2.24, 2.45) is 7.05 Å². The minimum atomic E-state index is -0.578. The van der Waals surface area contributed by atoms with E-state index in [2.05, 4.69) is 15.3 Å². The molecule has 1 saturated heterocycles. The van der Waals surface area contributed by atoms with Gasteiger partial charge in [-0.15, -0.1) is 0 Å². The number of hydrogen-bond donors (Lipinski definition) is 1. The Morgan fingerprint density at radius 1 is 1.36 bits per heavy atom. The highest BCUT2D eigenvalue weighted by atomic mass is 19.1. The summed E-state index contributed by atoms with van der Waals surface area (Å²) in [6, 6.07) is 3.98. The molecule has 1 aliphatic heterocycles. The highest BCUT2D eigenvalue weighted by Gasteiger charge is 2.28. The number of nitrogens with zero attached hydrogens (tertiary/aromatic N) is 3. The summed E-state index contributed by atoms with van der Waals surface area (Å²) in [4.78, 5) is 14.3. The van der Waals surface area contributed by atoms with Gasteiger partial charge in [0.1, 0.15) is 11.6 Å². The minimum absolute atomic E-state index is 0.0113. The summed E-state index contributed by atoms with van der Waals surface area (Å²) < 4.78 is 28.9. The second kappa shape index (κ2) is 7.74. The van der Waals surface area contributed by atoms with Gasteiger partial charge >= 0.3 is 0 Å². The maximum atomic E-state index is 13.6. The third-order valence-electron chi connectivity index (χ3n) is 4.58. The van der Waals surface area contributed by atoms with Crippen LogP contribution in [0.15, 0.2) is 30.6 Å². The van der Waals surface area contributed by atoms with Crippen LogP contribution in [-0.4, -0.2) is 40.2 Å². The zero-order chi connectivity index (χ0) is 17.8. The molecule has 7 heteroatoms. The zero-order valence-electron chi connectivity index (χ0n) is 14.2. The molecular formula is C18H22F2N4O. The van der Waals surface area contributed by atoms with Gasteiger partial charge < -0.3 is 5.32 Å². The van der Waals surface area contributed by atoms with Crippen LogP contribution < -0.4 is 5.32 Å². The fraction of sp³-hybridized carbons (Fsp3) is 0.444. The lowest BCUT2D eigenvalue weighted by Gasteiger charge is -2.22. The van der Waals surface area contributed by atoms with Crippen molar-refractivity contribution in [3.05, 3.63) is 53.4 Å². The van der Waals surface area contributed by atoms with Crippen LogP contribution >= 0.6 is 0 Å². The van der Waals surface area contributed by atoms with E-state index >= 15 is 0 Å². The van der Waals surface area contributed by atoms with Gasteiger partial charge in [0.15, 0.2) is 0 Å². The van der Waals surface area contributed by atoms with Gasteiger partial charge in [-0.2, -0.15) is 5.10 Å². The van der Waals surface area contributed by atoms with Crippen LogP contribution in [0.3, 0.4) is 0 Å². The number of aryl methyl sites for hydroxylation is 1. The van der Waals surface area contributed by atoms with Crippen LogP contribution in [0.2, 0.25) is 0 Å². The largest absolute Gasteiger partial charge is 0.355 e. The molecule has 1 amide bonds. The number of halogens is 2. The third-order valence-corrected chi connectivity index (χ3v) is 4.58. The summed E-state index contributed by atoms with van der Waals surface area (Å²) in [5, 5.41) is 6.95. The molecule has 0 radical (unpaired) electrons. The third kappa shape index (κ3) is 4.22. The second-order valence-corrected chi connectivity index (χ2v) is 6.38. The van der Waals surface area contributed by atoms with Gasteiger partial charge in [0.05, 0.1) is 12.7 Å². The van der Waals surface area contributed by atoms with Crippen LogP contribution in [-0.2, 0) is 18.3 Å². The maximum Gasteiger partial charge on any atom is 0.234 e. The average molecular weight is 348 g/mol. The predicted octanol–water partition coefficient (Wildman–Crippen LogP) is 2.19. The van der Waals surface area contributed by atoms with Crippen LogP contribution in [0.4, 0.5) is 8.78 Å². The molecular weight excluding hydrogens is 326 g/mol. The highest BCUT2D eigenvalue weighted by molar-refractivity contribution is 5.78. The lowest BCUT2D eigenvalue weighted by molar-refractivity contribution is -0.122. The Bertz CT molecular complexity index is 726. The molecule has 0 unspecified atom stereocenters. The summed E-state index contributed by atoms with van der Waals surface area (Å²) in [6.07, 6.45) is 5.98. The molecule has 1 atom stereocenters. The molecule has 3 rings (SSSR count). The number of hydrogen-bond acceptors (Lipinski definition) is 3. The summed E-state index contributed by atoms with van der Waals surface area (Å²) >= 11 is 0. The molecule has 1 N–H and O–H groups in total. The van der Waals surface area contributed by atoms with Crippen molar-refractivity contribution in [1.82, 2.24) is 20.0 Å². The maximum absolute atomic E-state index is 13.6. The van der Waals surface area contributed by atoms with Gasteiger partial charge in [0.25, 0.3) is 0 Å². The Kier molecular flexibility index (Phi) is 5.43. The molecule has 1 fully saturated rings. The zero-order valence-corrected chi connectivity index (χ0v) is 14.2. The summed E-state index contributed by atoms with van der Waals surface area (Å²) in [5.74, 6) is -1.29. The minimum Gasteiger partial charge on any atom is -0.355 e. The van der Waals surface area contributed by atoms with Crippen LogP contribution in [0.25, 0.3) is 0 Å². The molecule has 1 aromatic heterocycles. The SMILES string of the molecule is Cn1cc([C@@H]2CCCN2CC(=O)NCCc2c(F)cccc2F)cn1. The van der Waals surface area contributed by atoms with E-state index in [1.165, 1.54) is 18.2 Å². The van der Waals surface area contributed by atoms with E-state index in [1.807, 2.05) is 19.4 Å². The highest BCUT2D eigenvalue weighted by Crippen LogP contribution is 2.30.